The molecular formula is C16H15BrN4O3S2. The zero-order valence-electron chi connectivity index (χ0n) is 13.4. The molecule has 2 aromatic heterocycles. The van der Waals surface area contributed by atoms with Gasteiger partial charge in [-0.1, -0.05) is 22.0 Å². The first-order chi connectivity index (χ1) is 12.4. The van der Waals surface area contributed by atoms with E-state index in [1.54, 1.807) is 29.5 Å². The Morgan fingerprint density at radius 1 is 1.23 bits per heavy atom. The van der Waals surface area contributed by atoms with Gasteiger partial charge in [0, 0.05) is 23.5 Å². The minimum Gasteiger partial charge on any atom is -0.309 e. The van der Waals surface area contributed by atoms with Gasteiger partial charge in [0.15, 0.2) is 5.82 Å². The number of hydrogen-bond acceptors (Lipinski definition) is 5. The van der Waals surface area contributed by atoms with Crippen molar-refractivity contribution in [3.05, 3.63) is 52.3 Å². The Bertz CT molecular complexity index is 983. The number of carbonyl (C=O) groups is 1. The molecule has 3 rings (SSSR count). The summed E-state index contributed by atoms with van der Waals surface area (Å²) in [6.45, 7) is -0.00750. The molecule has 2 heterocycles. The van der Waals surface area contributed by atoms with Crippen LogP contribution in [0.15, 0.2) is 57.2 Å². The number of hydrogen-bond donors (Lipinski definition) is 3. The quantitative estimate of drug-likeness (QED) is 0.509. The highest BCUT2D eigenvalue weighted by Gasteiger charge is 2.14. The van der Waals surface area contributed by atoms with Gasteiger partial charge >= 0.3 is 0 Å². The van der Waals surface area contributed by atoms with E-state index in [9.17, 15) is 13.2 Å². The van der Waals surface area contributed by atoms with E-state index < -0.39 is 10.0 Å². The summed E-state index contributed by atoms with van der Waals surface area (Å²) in [5.74, 6) is 0.0712. The lowest BCUT2D eigenvalue weighted by Gasteiger charge is -2.06. The zero-order valence-corrected chi connectivity index (χ0v) is 16.6. The average molecular weight is 455 g/mol. The number of nitrogens with zero attached hydrogens (tertiary/aromatic N) is 1. The highest BCUT2D eigenvalue weighted by Crippen LogP contribution is 2.24. The van der Waals surface area contributed by atoms with Crippen LogP contribution in [0.4, 0.5) is 5.82 Å². The summed E-state index contributed by atoms with van der Waals surface area (Å²) < 4.78 is 27.5. The van der Waals surface area contributed by atoms with E-state index in [1.807, 2.05) is 17.5 Å². The van der Waals surface area contributed by atoms with Gasteiger partial charge < -0.3 is 5.32 Å². The van der Waals surface area contributed by atoms with Crippen molar-refractivity contribution in [2.75, 3.05) is 11.9 Å². The molecule has 0 spiro atoms. The molecule has 3 N–H and O–H groups in total. The number of halogens is 1. The van der Waals surface area contributed by atoms with Crippen LogP contribution >= 0.6 is 27.3 Å². The third-order valence-electron chi connectivity index (χ3n) is 3.40. The van der Waals surface area contributed by atoms with Crippen LogP contribution < -0.4 is 10.0 Å². The summed E-state index contributed by atoms with van der Waals surface area (Å²) in [5.41, 5.74) is 0.811. The van der Waals surface area contributed by atoms with E-state index in [1.165, 1.54) is 12.1 Å². The van der Waals surface area contributed by atoms with Gasteiger partial charge in [-0.3, -0.25) is 9.89 Å². The molecule has 0 aliphatic heterocycles. The maximum absolute atomic E-state index is 12.1. The largest absolute Gasteiger partial charge is 0.309 e. The van der Waals surface area contributed by atoms with E-state index in [2.05, 4.69) is 36.2 Å². The van der Waals surface area contributed by atoms with Crippen LogP contribution in [0.5, 0.6) is 0 Å². The second kappa shape index (κ2) is 8.12. The SMILES string of the molecule is O=C(CCNS(=O)(=O)c1ccc(Br)cc1)Nc1cc(-c2cccs2)[nH]n1. The molecule has 136 valence electrons. The fourth-order valence-electron chi connectivity index (χ4n) is 2.15. The molecule has 1 aromatic carbocycles. The Morgan fingerprint density at radius 3 is 2.69 bits per heavy atom. The van der Waals surface area contributed by atoms with Crippen LogP contribution in [0.2, 0.25) is 0 Å². The van der Waals surface area contributed by atoms with Crippen LogP contribution in [0.3, 0.4) is 0 Å². The van der Waals surface area contributed by atoms with Gasteiger partial charge in [0.2, 0.25) is 15.9 Å². The molecule has 0 bridgehead atoms. The lowest BCUT2D eigenvalue weighted by Crippen LogP contribution is -2.27. The molecular weight excluding hydrogens is 440 g/mol. The van der Waals surface area contributed by atoms with Crippen LogP contribution in [0.1, 0.15) is 6.42 Å². The normalized spacial score (nSPS) is 11.4. The maximum Gasteiger partial charge on any atom is 0.240 e. The van der Waals surface area contributed by atoms with Crippen molar-refractivity contribution >= 4 is 49.0 Å². The van der Waals surface area contributed by atoms with Crippen molar-refractivity contribution in [2.45, 2.75) is 11.3 Å². The summed E-state index contributed by atoms with van der Waals surface area (Å²) in [4.78, 5) is 13.1. The predicted octanol–water partition coefficient (Wildman–Crippen LogP) is 3.21. The number of aromatic amines is 1. The number of rotatable bonds is 7. The van der Waals surface area contributed by atoms with Crippen LogP contribution in [0.25, 0.3) is 10.6 Å². The van der Waals surface area contributed by atoms with Crippen LogP contribution in [-0.4, -0.2) is 31.1 Å². The third-order valence-corrected chi connectivity index (χ3v) is 6.31. The van der Waals surface area contributed by atoms with Crippen molar-refractivity contribution < 1.29 is 13.2 Å². The Hall–Kier alpha value is -2.01. The topological polar surface area (TPSA) is 104 Å². The molecule has 1 amide bonds. The third kappa shape index (κ3) is 4.79. The highest BCUT2D eigenvalue weighted by molar-refractivity contribution is 9.10. The van der Waals surface area contributed by atoms with Crippen molar-refractivity contribution in [1.29, 1.82) is 0 Å². The van der Waals surface area contributed by atoms with E-state index in [0.717, 1.165) is 15.0 Å². The first-order valence-corrected chi connectivity index (χ1v) is 10.7. The lowest BCUT2D eigenvalue weighted by atomic mass is 10.3. The number of nitrogens with one attached hydrogen (secondary N) is 3. The van der Waals surface area contributed by atoms with Gasteiger partial charge in [-0.25, -0.2) is 13.1 Å². The number of carbonyl (C=O) groups excluding carboxylic acids is 1. The fraction of sp³-hybridized carbons (Fsp3) is 0.125. The second-order valence-corrected chi connectivity index (χ2v) is 8.92. The van der Waals surface area contributed by atoms with Gasteiger partial charge in [-0.2, -0.15) is 5.10 Å². The summed E-state index contributed by atoms with van der Waals surface area (Å²) in [6.07, 6.45) is -0.00302. The summed E-state index contributed by atoms with van der Waals surface area (Å²) in [5, 5.41) is 11.5. The molecule has 26 heavy (non-hydrogen) atoms. The summed E-state index contributed by atoms with van der Waals surface area (Å²) in [6, 6.07) is 11.9. The maximum atomic E-state index is 12.1. The number of aromatic nitrogens is 2. The van der Waals surface area contributed by atoms with E-state index in [0.29, 0.717) is 5.82 Å². The molecule has 0 saturated heterocycles. The number of amides is 1. The standard InChI is InChI=1S/C16H15BrN4O3S2/c17-11-3-5-12(6-4-11)26(23,24)18-8-7-16(22)19-15-10-13(20-21-15)14-2-1-9-25-14/h1-6,9-10,18H,7-8H2,(H2,19,20,21,22). The molecule has 7 nitrogen and oxygen atoms in total. The number of anilines is 1. The van der Waals surface area contributed by atoms with E-state index in [-0.39, 0.29) is 23.8 Å². The Balaban J connectivity index is 1.50. The number of benzene rings is 1. The molecule has 0 atom stereocenters. The Labute approximate surface area is 163 Å². The molecule has 0 unspecified atom stereocenters. The van der Waals surface area contributed by atoms with Crippen molar-refractivity contribution in [3.63, 3.8) is 0 Å². The van der Waals surface area contributed by atoms with Crippen molar-refractivity contribution in [1.82, 2.24) is 14.9 Å². The van der Waals surface area contributed by atoms with Crippen molar-refractivity contribution in [2.24, 2.45) is 0 Å². The smallest absolute Gasteiger partial charge is 0.240 e. The summed E-state index contributed by atoms with van der Waals surface area (Å²) >= 11 is 4.81. The minimum absolute atomic E-state index is 0.00302. The Morgan fingerprint density at radius 2 is 2.00 bits per heavy atom. The molecule has 0 fully saturated rings. The van der Waals surface area contributed by atoms with Gasteiger partial charge in [0.05, 0.1) is 15.5 Å². The minimum atomic E-state index is -3.64. The molecule has 3 aromatic rings. The van der Waals surface area contributed by atoms with Gasteiger partial charge in [-0.05, 0) is 35.7 Å². The number of H-pyrrole nitrogens is 1. The number of thiophene rings is 1. The predicted molar refractivity (Wildman–Crippen MR) is 104 cm³/mol. The van der Waals surface area contributed by atoms with E-state index in [4.69, 9.17) is 0 Å². The molecule has 0 aliphatic carbocycles. The van der Waals surface area contributed by atoms with E-state index >= 15 is 0 Å². The zero-order chi connectivity index (χ0) is 18.6. The number of sulfonamides is 1. The van der Waals surface area contributed by atoms with Crippen LogP contribution in [0, 0.1) is 0 Å². The summed E-state index contributed by atoms with van der Waals surface area (Å²) in [7, 11) is -3.64. The fourth-order valence-corrected chi connectivity index (χ4v) is 4.13. The van der Waals surface area contributed by atoms with Gasteiger partial charge in [-0.15, -0.1) is 11.3 Å². The Kier molecular flexibility index (Phi) is 5.87. The van der Waals surface area contributed by atoms with Crippen LogP contribution in [-0.2, 0) is 14.8 Å². The first-order valence-electron chi connectivity index (χ1n) is 7.58. The molecule has 0 aliphatic rings. The van der Waals surface area contributed by atoms with Crippen molar-refractivity contribution in [3.8, 4) is 10.6 Å². The van der Waals surface area contributed by atoms with Gasteiger partial charge in [0.25, 0.3) is 0 Å². The first kappa shape index (κ1) is 18.8. The lowest BCUT2D eigenvalue weighted by molar-refractivity contribution is -0.116. The monoisotopic (exact) mass is 454 g/mol. The second-order valence-electron chi connectivity index (χ2n) is 5.29. The molecule has 10 heteroatoms. The molecule has 0 saturated carbocycles. The average Bonchev–Trinajstić information content (AvgIpc) is 3.26. The molecule has 0 radical (unpaired) electrons. The highest BCUT2D eigenvalue weighted by atomic mass is 79.9. The van der Waals surface area contributed by atoms with Gasteiger partial charge in [0.1, 0.15) is 0 Å².